The van der Waals surface area contributed by atoms with Gasteiger partial charge in [-0.15, -0.1) is 0 Å². The second kappa shape index (κ2) is 5.39. The van der Waals surface area contributed by atoms with Crippen molar-refractivity contribution in [3.63, 3.8) is 0 Å². The zero-order valence-electron chi connectivity index (χ0n) is 10.3. The minimum atomic E-state index is -3.78. The predicted molar refractivity (Wildman–Crippen MR) is 70.4 cm³/mol. The molecule has 0 saturated heterocycles. The molecule has 0 aliphatic heterocycles. The van der Waals surface area contributed by atoms with Crippen molar-refractivity contribution in [1.29, 1.82) is 0 Å². The smallest absolute Gasteiger partial charge is 0.271 e. The summed E-state index contributed by atoms with van der Waals surface area (Å²) in [7, 11) is -3.78. The third kappa shape index (κ3) is 3.19. The molecule has 106 valence electrons. The lowest BCUT2D eigenvalue weighted by molar-refractivity contribution is -0.385. The lowest BCUT2D eigenvalue weighted by Gasteiger charge is -2.03. The van der Waals surface area contributed by atoms with Crippen LogP contribution in [-0.4, -0.2) is 23.1 Å². The van der Waals surface area contributed by atoms with Gasteiger partial charge in [0.15, 0.2) is 0 Å². The van der Waals surface area contributed by atoms with E-state index in [1.54, 1.807) is 18.2 Å². The molecule has 20 heavy (non-hydrogen) atoms. The summed E-state index contributed by atoms with van der Waals surface area (Å²) in [6.45, 7) is 0.320. The van der Waals surface area contributed by atoms with Crippen molar-refractivity contribution in [2.75, 3.05) is 0 Å². The van der Waals surface area contributed by atoms with Gasteiger partial charge in [0.2, 0.25) is 10.0 Å². The molecule has 0 aliphatic rings. The van der Waals surface area contributed by atoms with Crippen LogP contribution < -0.4 is 5.14 Å². The van der Waals surface area contributed by atoms with Gasteiger partial charge in [-0.2, -0.15) is 5.10 Å². The fraction of sp³-hybridized carbons (Fsp3) is 0.182. The normalized spacial score (nSPS) is 11.4. The zero-order chi connectivity index (χ0) is 14.8. The summed E-state index contributed by atoms with van der Waals surface area (Å²) in [5, 5.41) is 19.7. The number of aromatic nitrogens is 2. The van der Waals surface area contributed by atoms with Gasteiger partial charge in [-0.3, -0.25) is 14.8 Å². The van der Waals surface area contributed by atoms with E-state index in [4.69, 9.17) is 5.14 Å². The highest BCUT2D eigenvalue weighted by Crippen LogP contribution is 2.18. The first kappa shape index (κ1) is 14.2. The van der Waals surface area contributed by atoms with Gasteiger partial charge in [0.25, 0.3) is 5.69 Å². The fourth-order valence-corrected chi connectivity index (χ4v) is 2.21. The molecule has 0 radical (unpaired) electrons. The Hall–Kier alpha value is -2.26. The summed E-state index contributed by atoms with van der Waals surface area (Å²) in [5.74, 6) is 0. The highest BCUT2D eigenvalue weighted by atomic mass is 32.2. The number of para-hydroxylation sites is 1. The molecule has 8 nitrogen and oxygen atoms in total. The van der Waals surface area contributed by atoms with E-state index in [1.807, 2.05) is 0 Å². The summed E-state index contributed by atoms with van der Waals surface area (Å²) in [6, 6.07) is 6.38. The monoisotopic (exact) mass is 296 g/mol. The van der Waals surface area contributed by atoms with Crippen LogP contribution in [0.5, 0.6) is 0 Å². The molecule has 2 aromatic rings. The summed E-state index contributed by atoms with van der Waals surface area (Å²) in [6.07, 6.45) is 2.81. The van der Waals surface area contributed by atoms with Gasteiger partial charge in [-0.25, -0.2) is 13.6 Å². The van der Waals surface area contributed by atoms with Gasteiger partial charge in [0.1, 0.15) is 4.90 Å². The van der Waals surface area contributed by atoms with E-state index in [2.05, 4.69) is 5.10 Å². The highest BCUT2D eigenvalue weighted by molar-refractivity contribution is 7.89. The van der Waals surface area contributed by atoms with Crippen molar-refractivity contribution in [1.82, 2.24) is 9.78 Å². The Bertz CT molecular complexity index is 738. The van der Waals surface area contributed by atoms with Crippen molar-refractivity contribution >= 4 is 15.7 Å². The summed E-state index contributed by atoms with van der Waals surface area (Å²) >= 11 is 0. The lowest BCUT2D eigenvalue weighted by atomic mass is 10.1. The number of hydrogen-bond acceptors (Lipinski definition) is 5. The van der Waals surface area contributed by atoms with Crippen molar-refractivity contribution in [3.05, 3.63) is 52.3 Å². The fourth-order valence-electron chi connectivity index (χ4n) is 1.75. The molecule has 0 atom stereocenters. The van der Waals surface area contributed by atoms with Crippen LogP contribution in [-0.2, 0) is 23.0 Å². The molecule has 0 spiro atoms. The third-order valence-corrected chi connectivity index (χ3v) is 3.60. The van der Waals surface area contributed by atoms with Crippen LogP contribution in [0.1, 0.15) is 5.56 Å². The van der Waals surface area contributed by atoms with Crippen LogP contribution >= 0.6 is 0 Å². The molecule has 1 heterocycles. The number of nitrogens with zero attached hydrogens (tertiary/aromatic N) is 3. The number of primary sulfonamides is 1. The van der Waals surface area contributed by atoms with Gasteiger partial charge < -0.3 is 0 Å². The predicted octanol–water partition coefficient (Wildman–Crippen LogP) is 0.681. The molecule has 2 rings (SSSR count). The third-order valence-electron chi connectivity index (χ3n) is 2.74. The summed E-state index contributed by atoms with van der Waals surface area (Å²) < 4.78 is 23.6. The molecule has 9 heteroatoms. The maximum atomic E-state index is 11.1. The molecule has 0 unspecified atom stereocenters. The largest absolute Gasteiger partial charge is 0.272 e. The number of nitrogens with two attached hydrogens (primary N) is 1. The number of hydrogen-bond donors (Lipinski definition) is 1. The quantitative estimate of drug-likeness (QED) is 0.642. The first-order valence-electron chi connectivity index (χ1n) is 5.65. The SMILES string of the molecule is NS(=O)(=O)c1cnn(CCc2ccccc2[N+](=O)[O-])c1. The number of nitro groups is 1. The number of aryl methyl sites for hydroxylation is 2. The van der Waals surface area contributed by atoms with Gasteiger partial charge >= 0.3 is 0 Å². The van der Waals surface area contributed by atoms with E-state index in [-0.39, 0.29) is 10.6 Å². The van der Waals surface area contributed by atoms with E-state index < -0.39 is 14.9 Å². The van der Waals surface area contributed by atoms with E-state index in [0.717, 1.165) is 6.20 Å². The molecular weight excluding hydrogens is 284 g/mol. The Kier molecular flexibility index (Phi) is 3.81. The summed E-state index contributed by atoms with van der Waals surface area (Å²) in [5.41, 5.74) is 0.594. The molecule has 0 fully saturated rings. The molecular formula is C11H12N4O4S. The first-order chi connectivity index (χ1) is 9.38. The molecule has 0 saturated carbocycles. The van der Waals surface area contributed by atoms with Crippen molar-refractivity contribution in [2.45, 2.75) is 17.9 Å². The van der Waals surface area contributed by atoms with Gasteiger partial charge in [-0.05, 0) is 6.42 Å². The van der Waals surface area contributed by atoms with Crippen LogP contribution in [0.4, 0.5) is 5.69 Å². The van der Waals surface area contributed by atoms with E-state index >= 15 is 0 Å². The second-order valence-electron chi connectivity index (χ2n) is 4.12. The number of rotatable bonds is 5. The van der Waals surface area contributed by atoms with Crippen LogP contribution in [0.25, 0.3) is 0 Å². The van der Waals surface area contributed by atoms with Crippen LogP contribution in [0.15, 0.2) is 41.6 Å². The van der Waals surface area contributed by atoms with Crippen molar-refractivity contribution in [2.24, 2.45) is 5.14 Å². The highest BCUT2D eigenvalue weighted by Gasteiger charge is 2.13. The number of benzene rings is 1. The van der Waals surface area contributed by atoms with E-state index in [0.29, 0.717) is 18.5 Å². The van der Waals surface area contributed by atoms with Gasteiger partial charge in [0.05, 0.1) is 11.1 Å². The maximum Gasteiger partial charge on any atom is 0.272 e. The van der Waals surface area contributed by atoms with Gasteiger partial charge in [0, 0.05) is 24.4 Å². The standard InChI is InChI=1S/C11H12N4O4S/c12-20(18,19)10-7-13-14(8-10)6-5-9-3-1-2-4-11(9)15(16)17/h1-4,7-8H,5-6H2,(H2,12,18,19). The molecule has 0 bridgehead atoms. The van der Waals surface area contributed by atoms with E-state index in [9.17, 15) is 18.5 Å². The Morgan fingerprint density at radius 1 is 1.35 bits per heavy atom. The Morgan fingerprint density at radius 3 is 2.65 bits per heavy atom. The van der Waals surface area contributed by atoms with Gasteiger partial charge in [-0.1, -0.05) is 18.2 Å². The van der Waals surface area contributed by atoms with E-state index in [1.165, 1.54) is 16.9 Å². The minimum absolute atomic E-state index is 0.0336. The van der Waals surface area contributed by atoms with Crippen molar-refractivity contribution in [3.8, 4) is 0 Å². The molecule has 2 N–H and O–H groups in total. The first-order valence-corrected chi connectivity index (χ1v) is 7.20. The molecule has 1 aromatic heterocycles. The molecule has 0 amide bonds. The van der Waals surface area contributed by atoms with Crippen LogP contribution in [0, 0.1) is 10.1 Å². The van der Waals surface area contributed by atoms with Crippen molar-refractivity contribution < 1.29 is 13.3 Å². The average Bonchev–Trinajstić information content (AvgIpc) is 2.85. The number of nitro benzene ring substituents is 1. The number of sulfonamides is 1. The van der Waals surface area contributed by atoms with Crippen LogP contribution in [0.3, 0.4) is 0 Å². The second-order valence-corrected chi connectivity index (χ2v) is 5.68. The molecule has 0 aliphatic carbocycles. The van der Waals surface area contributed by atoms with Crippen LogP contribution in [0.2, 0.25) is 0 Å². The summed E-state index contributed by atoms with van der Waals surface area (Å²) in [4.78, 5) is 10.3. The lowest BCUT2D eigenvalue weighted by Crippen LogP contribution is -2.11. The Morgan fingerprint density at radius 2 is 2.05 bits per heavy atom. The Labute approximate surface area is 115 Å². The topological polar surface area (TPSA) is 121 Å². The Balaban J connectivity index is 2.14. The average molecular weight is 296 g/mol. The minimum Gasteiger partial charge on any atom is -0.271 e. The zero-order valence-corrected chi connectivity index (χ0v) is 11.2. The maximum absolute atomic E-state index is 11.1. The molecule has 1 aromatic carbocycles.